The second kappa shape index (κ2) is 2.28. The Morgan fingerprint density at radius 1 is 1.50 bits per heavy atom. The lowest BCUT2D eigenvalue weighted by Crippen LogP contribution is -2.33. The Balaban J connectivity index is 2.63. The van der Waals surface area contributed by atoms with E-state index in [0.717, 1.165) is 0 Å². The van der Waals surface area contributed by atoms with Crippen LogP contribution in [0.2, 0.25) is 0 Å². The SMILES string of the molecule is CC(C)C1NC(=O)[N]C1=O. The number of hydrogen-bond acceptors (Lipinski definition) is 2. The molecule has 1 heterocycles. The summed E-state index contributed by atoms with van der Waals surface area (Å²) in [6.45, 7) is 3.73. The molecule has 0 aliphatic carbocycles. The largest absolute Gasteiger partial charge is 0.344 e. The van der Waals surface area contributed by atoms with Gasteiger partial charge in [-0.3, -0.25) is 4.79 Å². The van der Waals surface area contributed by atoms with E-state index in [1.54, 1.807) is 0 Å². The summed E-state index contributed by atoms with van der Waals surface area (Å²) in [5, 5.41) is 5.65. The molecule has 4 nitrogen and oxygen atoms in total. The summed E-state index contributed by atoms with van der Waals surface area (Å²) >= 11 is 0. The number of urea groups is 1. The first kappa shape index (κ1) is 7.05. The van der Waals surface area contributed by atoms with E-state index in [4.69, 9.17) is 0 Å². The molecule has 1 saturated heterocycles. The summed E-state index contributed by atoms with van der Waals surface area (Å²) in [7, 11) is 0. The van der Waals surface area contributed by atoms with Crippen LogP contribution in [0, 0.1) is 5.92 Å². The maximum absolute atomic E-state index is 10.8. The van der Waals surface area contributed by atoms with Crippen LogP contribution in [0.5, 0.6) is 0 Å². The number of carbonyl (C=O) groups is 2. The van der Waals surface area contributed by atoms with Crippen molar-refractivity contribution >= 4 is 11.9 Å². The first-order valence-electron chi connectivity index (χ1n) is 3.17. The molecular weight excluding hydrogens is 132 g/mol. The van der Waals surface area contributed by atoms with Crippen LogP contribution >= 0.6 is 0 Å². The van der Waals surface area contributed by atoms with Gasteiger partial charge in [0.25, 0.3) is 5.91 Å². The molecule has 1 fully saturated rings. The Hall–Kier alpha value is -1.06. The van der Waals surface area contributed by atoms with Gasteiger partial charge in [0.2, 0.25) is 0 Å². The van der Waals surface area contributed by atoms with E-state index in [9.17, 15) is 9.59 Å². The van der Waals surface area contributed by atoms with Crippen LogP contribution in [-0.4, -0.2) is 18.0 Å². The van der Waals surface area contributed by atoms with E-state index < -0.39 is 12.1 Å². The number of carbonyl (C=O) groups excluding carboxylic acids is 2. The van der Waals surface area contributed by atoms with Gasteiger partial charge in [-0.25, -0.2) is 4.79 Å². The Bertz CT molecular complexity index is 177. The van der Waals surface area contributed by atoms with E-state index in [2.05, 4.69) is 10.6 Å². The third-order valence-electron chi connectivity index (χ3n) is 1.42. The van der Waals surface area contributed by atoms with Gasteiger partial charge in [0, 0.05) is 0 Å². The van der Waals surface area contributed by atoms with Crippen LogP contribution < -0.4 is 10.6 Å². The van der Waals surface area contributed by atoms with Gasteiger partial charge >= 0.3 is 6.03 Å². The average molecular weight is 141 g/mol. The smallest absolute Gasteiger partial charge is 0.324 e. The van der Waals surface area contributed by atoms with Crippen LogP contribution in [0.3, 0.4) is 0 Å². The Kier molecular flexibility index (Phi) is 1.61. The lowest BCUT2D eigenvalue weighted by atomic mass is 10.1. The number of nitrogens with zero attached hydrogens (tertiary/aromatic N) is 1. The molecule has 1 radical (unpaired) electrons. The van der Waals surface area contributed by atoms with E-state index >= 15 is 0 Å². The van der Waals surface area contributed by atoms with Crippen molar-refractivity contribution in [2.45, 2.75) is 19.9 Å². The summed E-state index contributed by atoms with van der Waals surface area (Å²) < 4.78 is 0. The fourth-order valence-corrected chi connectivity index (χ4v) is 0.848. The second-order valence-corrected chi connectivity index (χ2v) is 2.62. The standard InChI is InChI=1S/C6H9N2O2/c1-3(2)4-5(9)8-6(10)7-4/h3-4H,1-2H3,(H,7,10). The monoisotopic (exact) mass is 141 g/mol. The normalized spacial score (nSPS) is 24.9. The summed E-state index contributed by atoms with van der Waals surface area (Å²) in [5.74, 6) is -0.220. The van der Waals surface area contributed by atoms with Crippen LogP contribution in [0.15, 0.2) is 0 Å². The van der Waals surface area contributed by atoms with Gasteiger partial charge in [0.15, 0.2) is 0 Å². The lowest BCUT2D eigenvalue weighted by Gasteiger charge is -2.08. The number of imide groups is 1. The highest BCUT2D eigenvalue weighted by Gasteiger charge is 2.33. The average Bonchev–Trinajstić information content (AvgIpc) is 2.10. The van der Waals surface area contributed by atoms with Gasteiger partial charge in [0.05, 0.1) is 0 Å². The molecule has 3 amide bonds. The molecule has 0 spiro atoms. The fourth-order valence-electron chi connectivity index (χ4n) is 0.848. The second-order valence-electron chi connectivity index (χ2n) is 2.62. The van der Waals surface area contributed by atoms with E-state index in [1.807, 2.05) is 13.8 Å². The van der Waals surface area contributed by atoms with E-state index in [-0.39, 0.29) is 11.8 Å². The molecule has 1 aliphatic rings. The minimum Gasteiger partial charge on any atom is -0.324 e. The third kappa shape index (κ3) is 1.10. The van der Waals surface area contributed by atoms with Crippen molar-refractivity contribution in [2.75, 3.05) is 0 Å². The first-order valence-corrected chi connectivity index (χ1v) is 3.17. The zero-order valence-electron chi connectivity index (χ0n) is 5.92. The molecule has 1 atom stereocenters. The van der Waals surface area contributed by atoms with Gasteiger partial charge in [0.1, 0.15) is 6.04 Å². The number of nitrogens with one attached hydrogen (secondary N) is 1. The molecule has 10 heavy (non-hydrogen) atoms. The third-order valence-corrected chi connectivity index (χ3v) is 1.42. The maximum atomic E-state index is 10.8. The van der Waals surface area contributed by atoms with Crippen LogP contribution in [-0.2, 0) is 4.79 Å². The van der Waals surface area contributed by atoms with Crippen molar-refractivity contribution in [2.24, 2.45) is 5.92 Å². The molecule has 1 aliphatic heterocycles. The van der Waals surface area contributed by atoms with Crippen LogP contribution in [0.4, 0.5) is 4.79 Å². The van der Waals surface area contributed by atoms with Gasteiger partial charge < -0.3 is 5.32 Å². The minimum atomic E-state index is -0.510. The zero-order chi connectivity index (χ0) is 7.72. The molecule has 55 valence electrons. The highest BCUT2D eigenvalue weighted by Crippen LogP contribution is 2.05. The van der Waals surface area contributed by atoms with E-state index in [0.29, 0.717) is 0 Å². The van der Waals surface area contributed by atoms with Crippen molar-refractivity contribution in [3.05, 3.63) is 0 Å². The van der Waals surface area contributed by atoms with Crippen LogP contribution in [0.25, 0.3) is 0 Å². The highest BCUT2D eigenvalue weighted by atomic mass is 16.2. The zero-order valence-corrected chi connectivity index (χ0v) is 5.92. The Labute approximate surface area is 59.0 Å². The van der Waals surface area contributed by atoms with Gasteiger partial charge in [-0.2, -0.15) is 5.32 Å². The molecular formula is C6H9N2O2. The Morgan fingerprint density at radius 2 is 2.10 bits per heavy atom. The quantitative estimate of drug-likeness (QED) is 0.517. The summed E-state index contributed by atoms with van der Waals surface area (Å²) in [5.41, 5.74) is 0. The van der Waals surface area contributed by atoms with Crippen molar-refractivity contribution < 1.29 is 9.59 Å². The number of amides is 3. The molecule has 1 N–H and O–H groups in total. The highest BCUT2D eigenvalue weighted by molar-refractivity contribution is 6.03. The fraction of sp³-hybridized carbons (Fsp3) is 0.667. The molecule has 4 heteroatoms. The molecule has 0 aromatic carbocycles. The molecule has 0 saturated carbocycles. The molecule has 1 unspecified atom stereocenters. The van der Waals surface area contributed by atoms with Crippen molar-refractivity contribution in [1.29, 1.82) is 0 Å². The van der Waals surface area contributed by atoms with Gasteiger partial charge in [-0.15, -0.1) is 0 Å². The topological polar surface area (TPSA) is 60.3 Å². The predicted molar refractivity (Wildman–Crippen MR) is 34.3 cm³/mol. The molecule has 0 aromatic heterocycles. The summed E-state index contributed by atoms with van der Waals surface area (Å²) in [6.07, 6.45) is 0. The predicted octanol–water partition coefficient (Wildman–Crippen LogP) is -0.135. The first-order chi connectivity index (χ1) is 4.61. The lowest BCUT2D eigenvalue weighted by molar-refractivity contribution is -0.121. The van der Waals surface area contributed by atoms with Crippen molar-refractivity contribution in [3.63, 3.8) is 0 Å². The number of hydrogen-bond donors (Lipinski definition) is 1. The van der Waals surface area contributed by atoms with Gasteiger partial charge in [-0.1, -0.05) is 13.8 Å². The summed E-state index contributed by atoms with van der Waals surface area (Å²) in [4.78, 5) is 21.2. The molecule has 1 rings (SSSR count). The minimum absolute atomic E-state index is 0.127. The van der Waals surface area contributed by atoms with Crippen molar-refractivity contribution in [1.82, 2.24) is 10.6 Å². The van der Waals surface area contributed by atoms with Crippen LogP contribution in [0.1, 0.15) is 13.8 Å². The molecule has 0 aromatic rings. The van der Waals surface area contributed by atoms with Crippen molar-refractivity contribution in [3.8, 4) is 0 Å². The summed E-state index contributed by atoms with van der Waals surface area (Å²) in [6, 6.07) is -0.906. The van der Waals surface area contributed by atoms with E-state index in [1.165, 1.54) is 0 Å². The Morgan fingerprint density at radius 3 is 2.30 bits per heavy atom. The number of rotatable bonds is 1. The molecule has 0 bridgehead atoms. The maximum Gasteiger partial charge on any atom is 0.344 e. The van der Waals surface area contributed by atoms with Gasteiger partial charge in [-0.05, 0) is 5.92 Å².